The van der Waals surface area contributed by atoms with Gasteiger partial charge >= 0.3 is 0 Å². The zero-order valence-corrected chi connectivity index (χ0v) is 8.24. The Hall–Kier alpha value is -2.17. The summed E-state index contributed by atoms with van der Waals surface area (Å²) in [4.78, 5) is 5.17. The molecule has 0 aliphatic heterocycles. The molecule has 1 aromatic carbocycles. The van der Waals surface area contributed by atoms with E-state index < -0.39 is 0 Å². The second-order valence-electron chi connectivity index (χ2n) is 2.80. The van der Waals surface area contributed by atoms with Gasteiger partial charge in [0.05, 0.1) is 13.3 Å². The minimum atomic E-state index is 0.779. The average molecular weight is 202 g/mol. The Bertz CT molecular complexity index is 450. The van der Waals surface area contributed by atoms with Gasteiger partial charge in [-0.1, -0.05) is 12.1 Å². The van der Waals surface area contributed by atoms with Gasteiger partial charge < -0.3 is 4.74 Å². The third-order valence-electron chi connectivity index (χ3n) is 1.86. The molecule has 0 N–H and O–H groups in total. The van der Waals surface area contributed by atoms with Crippen LogP contribution in [-0.2, 0) is 0 Å². The molecule has 0 spiro atoms. The normalized spacial score (nSPS) is 10.7. The van der Waals surface area contributed by atoms with Gasteiger partial charge in [-0.05, 0) is 12.1 Å². The highest BCUT2D eigenvalue weighted by Gasteiger charge is 1.97. The van der Waals surface area contributed by atoms with E-state index in [1.165, 1.54) is 17.4 Å². The molecule has 2 aromatic rings. The quantitative estimate of drug-likeness (QED) is 0.702. The molecule has 0 radical (unpaired) electrons. The molecule has 0 saturated carbocycles. The van der Waals surface area contributed by atoms with Crippen molar-refractivity contribution in [2.24, 2.45) is 5.10 Å². The fraction of sp³-hybridized carbons (Fsp3) is 0.100. The largest absolute Gasteiger partial charge is 0.496 e. The molecule has 1 aromatic heterocycles. The zero-order chi connectivity index (χ0) is 10.5. The van der Waals surface area contributed by atoms with Crippen molar-refractivity contribution in [2.75, 3.05) is 7.11 Å². The molecule has 0 bridgehead atoms. The van der Waals surface area contributed by atoms with Crippen LogP contribution in [0, 0.1) is 0 Å². The topological polar surface area (TPSA) is 52.3 Å². The van der Waals surface area contributed by atoms with E-state index in [-0.39, 0.29) is 0 Å². The second-order valence-corrected chi connectivity index (χ2v) is 2.80. The van der Waals surface area contributed by atoms with Gasteiger partial charge in [-0.2, -0.15) is 5.10 Å². The molecule has 5 heteroatoms. The Morgan fingerprint density at radius 1 is 1.40 bits per heavy atom. The van der Waals surface area contributed by atoms with Gasteiger partial charge in [-0.3, -0.25) is 0 Å². The van der Waals surface area contributed by atoms with Crippen LogP contribution in [0.5, 0.6) is 5.75 Å². The third-order valence-corrected chi connectivity index (χ3v) is 1.86. The van der Waals surface area contributed by atoms with Crippen LogP contribution in [0.15, 0.2) is 42.0 Å². The molecule has 0 amide bonds. The molecule has 0 unspecified atom stereocenters. The minimum Gasteiger partial charge on any atom is -0.496 e. The number of hydrogen-bond donors (Lipinski definition) is 0. The van der Waals surface area contributed by atoms with Crippen LogP contribution in [0.2, 0.25) is 0 Å². The first-order valence-corrected chi connectivity index (χ1v) is 4.42. The summed E-state index contributed by atoms with van der Waals surface area (Å²) in [5.41, 5.74) is 0.899. The van der Waals surface area contributed by atoms with Crippen molar-refractivity contribution >= 4 is 6.21 Å². The van der Waals surface area contributed by atoms with Crippen molar-refractivity contribution in [3.8, 4) is 5.75 Å². The van der Waals surface area contributed by atoms with Crippen molar-refractivity contribution < 1.29 is 4.74 Å². The van der Waals surface area contributed by atoms with E-state index in [1.54, 1.807) is 13.3 Å². The molecule has 15 heavy (non-hydrogen) atoms. The molecule has 2 rings (SSSR count). The van der Waals surface area contributed by atoms with E-state index >= 15 is 0 Å². The predicted molar refractivity (Wildman–Crippen MR) is 56.0 cm³/mol. The number of para-hydroxylation sites is 1. The monoisotopic (exact) mass is 202 g/mol. The summed E-state index contributed by atoms with van der Waals surface area (Å²) in [6.45, 7) is 0. The van der Waals surface area contributed by atoms with Crippen LogP contribution in [-0.4, -0.2) is 28.2 Å². The fourth-order valence-electron chi connectivity index (χ4n) is 1.16. The molecular formula is C10H10N4O. The zero-order valence-electron chi connectivity index (χ0n) is 8.24. The highest BCUT2D eigenvalue weighted by Crippen LogP contribution is 2.14. The van der Waals surface area contributed by atoms with E-state index in [9.17, 15) is 0 Å². The van der Waals surface area contributed by atoms with Crippen LogP contribution in [0.4, 0.5) is 0 Å². The van der Waals surface area contributed by atoms with Crippen LogP contribution in [0.1, 0.15) is 5.56 Å². The van der Waals surface area contributed by atoms with Gasteiger partial charge in [-0.15, -0.1) is 9.89 Å². The Morgan fingerprint density at radius 3 is 3.00 bits per heavy atom. The third kappa shape index (κ3) is 2.19. The van der Waals surface area contributed by atoms with Gasteiger partial charge in [0.25, 0.3) is 0 Å². The number of methoxy groups -OCH3 is 1. The summed E-state index contributed by atoms with van der Waals surface area (Å²) in [6.07, 6.45) is 4.62. The maximum atomic E-state index is 5.18. The first-order chi connectivity index (χ1) is 7.40. The Kier molecular flexibility index (Phi) is 2.73. The van der Waals surface area contributed by atoms with Crippen molar-refractivity contribution in [1.29, 1.82) is 0 Å². The Morgan fingerprint density at radius 2 is 2.27 bits per heavy atom. The first kappa shape index (κ1) is 9.39. The lowest BCUT2D eigenvalue weighted by atomic mass is 10.2. The maximum Gasteiger partial charge on any atom is 0.139 e. The van der Waals surface area contributed by atoms with E-state index in [0.29, 0.717) is 0 Å². The molecule has 1 heterocycles. The first-order valence-electron chi connectivity index (χ1n) is 4.42. The van der Waals surface area contributed by atoms with Crippen LogP contribution < -0.4 is 4.74 Å². The van der Waals surface area contributed by atoms with E-state index in [2.05, 4.69) is 15.2 Å². The minimum absolute atomic E-state index is 0.779. The molecule has 0 saturated heterocycles. The van der Waals surface area contributed by atoms with Crippen molar-refractivity contribution in [3.63, 3.8) is 0 Å². The summed E-state index contributed by atoms with van der Waals surface area (Å²) in [6, 6.07) is 7.62. The summed E-state index contributed by atoms with van der Waals surface area (Å²) < 4.78 is 5.18. The van der Waals surface area contributed by atoms with E-state index in [0.717, 1.165) is 11.3 Å². The molecule has 0 atom stereocenters. The van der Waals surface area contributed by atoms with Gasteiger partial charge in [0.2, 0.25) is 0 Å². The highest BCUT2D eigenvalue weighted by atomic mass is 16.5. The lowest BCUT2D eigenvalue weighted by molar-refractivity contribution is 0.414. The highest BCUT2D eigenvalue weighted by molar-refractivity contribution is 5.83. The number of aromatic nitrogens is 3. The van der Waals surface area contributed by atoms with E-state index in [4.69, 9.17) is 4.74 Å². The summed E-state index contributed by atoms with van der Waals surface area (Å²) in [5, 5.41) is 7.94. The molecular weight excluding hydrogens is 192 g/mol. The number of benzene rings is 1. The smallest absolute Gasteiger partial charge is 0.139 e. The number of rotatable bonds is 3. The lowest BCUT2D eigenvalue weighted by Crippen LogP contribution is -1.93. The molecule has 5 nitrogen and oxygen atoms in total. The van der Waals surface area contributed by atoms with Crippen molar-refractivity contribution in [3.05, 3.63) is 42.5 Å². The summed E-state index contributed by atoms with van der Waals surface area (Å²) >= 11 is 0. The van der Waals surface area contributed by atoms with Gasteiger partial charge in [-0.25, -0.2) is 4.98 Å². The van der Waals surface area contributed by atoms with Gasteiger partial charge in [0.15, 0.2) is 0 Å². The number of ether oxygens (including phenoxy) is 1. The predicted octanol–water partition coefficient (Wildman–Crippen LogP) is 1.17. The fourth-order valence-corrected chi connectivity index (χ4v) is 1.16. The maximum absolute atomic E-state index is 5.18. The van der Waals surface area contributed by atoms with E-state index in [1.807, 2.05) is 24.3 Å². The molecule has 76 valence electrons. The van der Waals surface area contributed by atoms with Crippen LogP contribution in [0.3, 0.4) is 0 Å². The standard InChI is InChI=1S/C10H10N4O/c1-15-10-5-3-2-4-9(10)6-12-14-8-11-7-13-14/h2-8H,1H3. The molecule has 0 aliphatic carbocycles. The van der Waals surface area contributed by atoms with Crippen molar-refractivity contribution in [2.45, 2.75) is 0 Å². The SMILES string of the molecule is COc1ccccc1C=Nn1cncn1. The summed E-state index contributed by atoms with van der Waals surface area (Å²) in [5.74, 6) is 0.779. The second kappa shape index (κ2) is 4.36. The van der Waals surface area contributed by atoms with Gasteiger partial charge in [0.1, 0.15) is 18.4 Å². The van der Waals surface area contributed by atoms with Crippen molar-refractivity contribution in [1.82, 2.24) is 14.9 Å². The number of nitrogens with zero attached hydrogens (tertiary/aromatic N) is 4. The van der Waals surface area contributed by atoms with Crippen LogP contribution >= 0.6 is 0 Å². The van der Waals surface area contributed by atoms with Gasteiger partial charge in [0, 0.05) is 5.56 Å². The molecule has 0 fully saturated rings. The molecule has 0 aliphatic rings. The Labute approximate surface area is 87.0 Å². The Balaban J connectivity index is 2.24. The number of hydrogen-bond acceptors (Lipinski definition) is 4. The van der Waals surface area contributed by atoms with Crippen LogP contribution in [0.25, 0.3) is 0 Å². The summed E-state index contributed by atoms with van der Waals surface area (Å²) in [7, 11) is 1.63. The average Bonchev–Trinajstić information content (AvgIpc) is 2.79. The lowest BCUT2D eigenvalue weighted by Gasteiger charge is -2.02.